The molecular weight excluding hydrogens is 1120 g/mol. The van der Waals surface area contributed by atoms with E-state index < -0.39 is 146 Å². The van der Waals surface area contributed by atoms with Crippen molar-refractivity contribution in [3.05, 3.63) is 12.7 Å². The van der Waals surface area contributed by atoms with Crippen LogP contribution in [0.5, 0.6) is 0 Å². The molecule has 0 saturated carbocycles. The normalized spacial score (nSPS) is 19.3. The number of hydrogen-bond acceptors (Lipinski definition) is 24. The Kier molecular flexibility index (Phi) is 25.6. The van der Waals surface area contributed by atoms with Gasteiger partial charge in [0.15, 0.2) is 23.7 Å². The molecule has 3 heterocycles. The Morgan fingerprint density at radius 1 is 0.870 bits per heavy atom. The van der Waals surface area contributed by atoms with Gasteiger partial charge in [-0.1, -0.05) is 13.8 Å². The number of phosphoric ester groups is 3. The van der Waals surface area contributed by atoms with Crippen LogP contribution in [0.25, 0.3) is 11.2 Å². The number of anilines is 1. The highest BCUT2D eigenvalue weighted by Crippen LogP contribution is 2.61. The minimum Gasteiger partial charge on any atom is -0.394 e. The summed E-state index contributed by atoms with van der Waals surface area (Å²) in [5.74, 6) is -6.01. The predicted molar refractivity (Wildman–Crippen MR) is 263 cm³/mol. The van der Waals surface area contributed by atoms with Gasteiger partial charge in [-0.3, -0.25) is 56.7 Å². The van der Waals surface area contributed by atoms with E-state index in [-0.39, 0.29) is 73.3 Å². The van der Waals surface area contributed by atoms with Gasteiger partial charge >= 0.3 is 23.5 Å². The molecule has 3 rings (SSSR count). The Morgan fingerprint density at radius 3 is 2.17 bits per heavy atom. The summed E-state index contributed by atoms with van der Waals surface area (Å²) in [6, 6.07) is -2.64. The molecule has 0 bridgehead atoms. The highest BCUT2D eigenvalue weighted by molar-refractivity contribution is 7.99. The Labute approximate surface area is 440 Å². The summed E-state index contributed by atoms with van der Waals surface area (Å²) >= 11 is 1.02. The second kappa shape index (κ2) is 30.0. The van der Waals surface area contributed by atoms with Crippen molar-refractivity contribution in [2.75, 3.05) is 69.8 Å². The van der Waals surface area contributed by atoms with Crippen molar-refractivity contribution in [2.24, 2.45) is 27.6 Å². The first-order chi connectivity index (χ1) is 35.8. The van der Waals surface area contributed by atoms with Crippen molar-refractivity contribution in [3.63, 3.8) is 0 Å². The molecule has 7 amide bonds. The molecule has 77 heavy (non-hydrogen) atoms. The number of fused-ring (bicyclic) bond motifs is 1. The smallest absolute Gasteiger partial charge is 0.394 e. The van der Waals surface area contributed by atoms with E-state index in [2.05, 4.69) is 56.2 Å². The van der Waals surface area contributed by atoms with E-state index in [4.69, 9.17) is 41.2 Å². The summed E-state index contributed by atoms with van der Waals surface area (Å²) in [5.41, 5.74) is 19.7. The SMILES string of the molecule is CC(C)(COP(=O)(O)OP(=O)(O)OC[C@H]1O[C@@H](n2cnc3c(N)ncnc32)[C@H](OP(=O)(O)O)[C@@H]1O)C(O)C(=O)NCCC(=O)NCCSCC(=O)N[C@@H](CO)C(=O)NCC(=O)N[C@@H](CCCN=C(N)N)C(=O)NCC(N)=O. The number of rotatable bonds is 34. The van der Waals surface area contributed by atoms with E-state index in [1.54, 1.807) is 0 Å². The zero-order valence-corrected chi connectivity index (χ0v) is 44.4. The molecule has 9 atom stereocenters. The number of nitrogens with zero attached hydrogens (tertiary/aromatic N) is 5. The largest absolute Gasteiger partial charge is 0.481 e. The lowest BCUT2D eigenvalue weighted by atomic mass is 9.87. The van der Waals surface area contributed by atoms with Crippen molar-refractivity contribution < 1.29 is 105 Å². The van der Waals surface area contributed by atoms with Crippen LogP contribution in [0, 0.1) is 5.41 Å². The summed E-state index contributed by atoms with van der Waals surface area (Å²) in [7, 11) is -16.5. The number of carbonyl (C=O) groups excluding carboxylic acids is 7. The lowest BCUT2D eigenvalue weighted by Crippen LogP contribution is -2.53. The molecule has 41 heteroatoms. The fourth-order valence-corrected chi connectivity index (χ4v) is 9.84. The van der Waals surface area contributed by atoms with Gasteiger partial charge in [0.25, 0.3) is 0 Å². The van der Waals surface area contributed by atoms with E-state index in [9.17, 15) is 82.2 Å². The molecule has 1 aliphatic rings. The van der Waals surface area contributed by atoms with Gasteiger partial charge in [0.2, 0.25) is 41.4 Å². The molecular formula is C36H62N15O22P3S. The molecule has 1 fully saturated rings. The number of aliphatic imine (C=N–C) groups is 1. The number of ether oxygens (including phenoxy) is 1. The van der Waals surface area contributed by atoms with Gasteiger partial charge in [-0.2, -0.15) is 16.1 Å². The predicted octanol–water partition coefficient (Wildman–Crippen LogP) is -7.13. The van der Waals surface area contributed by atoms with Gasteiger partial charge in [-0.05, 0) is 12.8 Å². The van der Waals surface area contributed by atoms with Crippen molar-refractivity contribution in [2.45, 2.75) is 75.8 Å². The number of primary amides is 1. The molecule has 0 spiro atoms. The lowest BCUT2D eigenvalue weighted by Gasteiger charge is -2.30. The molecule has 0 aliphatic carbocycles. The molecule has 3 unspecified atom stereocenters. The number of aromatic nitrogens is 4. The molecule has 1 saturated heterocycles. The third-order valence-electron chi connectivity index (χ3n) is 10.2. The number of thioether (sulfide) groups is 1. The van der Waals surface area contributed by atoms with Gasteiger partial charge in [-0.15, -0.1) is 0 Å². The number of aliphatic hydroxyl groups is 3. The van der Waals surface area contributed by atoms with Crippen molar-refractivity contribution >= 4 is 99.5 Å². The minimum atomic E-state index is -5.61. The summed E-state index contributed by atoms with van der Waals surface area (Å²) in [6.07, 6.45) is -7.11. The first-order valence-corrected chi connectivity index (χ1v) is 28.1. The monoisotopic (exact) mass is 1180 g/mol. The third kappa shape index (κ3) is 22.8. The number of guanidine groups is 1. The highest BCUT2D eigenvalue weighted by atomic mass is 32.2. The number of nitrogens with one attached hydrogen (secondary N) is 6. The minimum absolute atomic E-state index is 0.0300. The molecule has 0 aromatic carbocycles. The molecule has 1 aliphatic heterocycles. The standard InChI is InChI=1S/C36H62N15O22P3S/c1-36(2,15-70-76(67,68)73-75(65,66)69-13-20-26(57)27(72-74(62,63)64)34(71-20)51-17-48-25-29(38)46-16-47-30(25)51)28(58)33(61)42-7-5-22(54)41-8-9-77-14-24(56)50-19(12-52)32(60)45-11-23(55)49-18(4-3-6-43-35(39)40)31(59)44-10-21(37)53/h16-20,26-28,34,52,57-58H,3-15H2,1-2H3,(H2,37,53)(H,41,54)(H,42,61)(H,44,59)(H,45,60)(H,49,55)(H,50,56)(H,65,66)(H,67,68)(H2,38,46,47)(H4,39,40,43)(H2,62,63,64)/t18-,19-,20+,26+,27+,28?,34+/m0/s1. The Bertz CT molecular complexity index is 2570. The lowest BCUT2D eigenvalue weighted by molar-refractivity contribution is -0.137. The van der Waals surface area contributed by atoms with Crippen molar-refractivity contribution in [1.29, 1.82) is 0 Å². The second-order valence-corrected chi connectivity index (χ2v) is 22.2. The summed E-state index contributed by atoms with van der Waals surface area (Å²) in [4.78, 5) is 141. The van der Waals surface area contributed by atoms with E-state index in [1.165, 1.54) is 13.8 Å². The number of nitrogens with two attached hydrogens (primary N) is 4. The topological polar surface area (TPSA) is 591 Å². The van der Waals surface area contributed by atoms with Crippen LogP contribution >= 0.6 is 35.2 Å². The van der Waals surface area contributed by atoms with Crippen molar-refractivity contribution in [3.8, 4) is 0 Å². The van der Waals surface area contributed by atoms with Gasteiger partial charge in [-0.25, -0.2) is 28.6 Å². The first kappa shape index (κ1) is 65.8. The second-order valence-electron chi connectivity index (χ2n) is 16.9. The maximum Gasteiger partial charge on any atom is 0.481 e. The maximum atomic E-state index is 12.7. The summed E-state index contributed by atoms with van der Waals surface area (Å²) in [5, 5.41) is 45.1. The Morgan fingerprint density at radius 2 is 1.52 bits per heavy atom. The van der Waals surface area contributed by atoms with Crippen molar-refractivity contribution in [1.82, 2.24) is 51.4 Å². The number of carbonyl (C=O) groups is 7. The fourth-order valence-electron chi connectivity index (χ4n) is 6.38. The van der Waals surface area contributed by atoms with Crippen LogP contribution < -0.4 is 54.8 Å². The average molecular weight is 1180 g/mol. The molecule has 2 aromatic heterocycles. The quantitative estimate of drug-likeness (QED) is 0.0134. The van der Waals surface area contributed by atoms with E-state index in [1.807, 2.05) is 0 Å². The van der Waals surface area contributed by atoms with Crippen LogP contribution in [0.15, 0.2) is 17.6 Å². The molecule has 0 radical (unpaired) electrons. The van der Waals surface area contributed by atoms with Gasteiger partial charge < -0.3 is 94.5 Å². The average Bonchev–Trinajstić information content (AvgIpc) is 3.90. The number of amides is 7. The number of hydrogen-bond donors (Lipinski definition) is 17. The molecule has 434 valence electrons. The number of phosphoric acid groups is 3. The first-order valence-electron chi connectivity index (χ1n) is 22.4. The number of aliphatic hydroxyl groups excluding tert-OH is 3. The third-order valence-corrected chi connectivity index (χ3v) is 14.2. The van der Waals surface area contributed by atoms with Crippen LogP contribution in [-0.2, 0) is 69.9 Å². The van der Waals surface area contributed by atoms with Gasteiger partial charge in [0.05, 0.1) is 45.0 Å². The van der Waals surface area contributed by atoms with Gasteiger partial charge in [0.1, 0.15) is 48.3 Å². The summed E-state index contributed by atoms with van der Waals surface area (Å²) < 4.78 is 62.3. The van der Waals surface area contributed by atoms with Gasteiger partial charge in [0, 0.05) is 37.2 Å². The maximum absolute atomic E-state index is 12.7. The zero-order valence-electron chi connectivity index (χ0n) is 40.9. The Balaban J connectivity index is 1.36. The zero-order chi connectivity index (χ0) is 57.9. The van der Waals surface area contributed by atoms with Crippen LogP contribution in [-0.4, -0.2) is 202 Å². The van der Waals surface area contributed by atoms with Crippen LogP contribution in [0.3, 0.4) is 0 Å². The van der Waals surface area contributed by atoms with Crippen LogP contribution in [0.2, 0.25) is 0 Å². The molecule has 2 aromatic rings. The van der Waals surface area contributed by atoms with Crippen LogP contribution in [0.4, 0.5) is 5.82 Å². The van der Waals surface area contributed by atoms with E-state index >= 15 is 0 Å². The van der Waals surface area contributed by atoms with Crippen LogP contribution in [0.1, 0.15) is 39.3 Å². The fraction of sp³-hybridized carbons (Fsp3) is 0.639. The molecule has 21 N–H and O–H groups in total. The Hall–Kier alpha value is -5.53. The number of nitrogen functional groups attached to an aromatic ring is 1. The molecule has 37 nitrogen and oxygen atoms in total. The summed E-state index contributed by atoms with van der Waals surface area (Å²) in [6.45, 7) is -1.87. The highest BCUT2D eigenvalue weighted by Gasteiger charge is 2.50. The van der Waals surface area contributed by atoms with E-state index in [0.29, 0.717) is 0 Å². The van der Waals surface area contributed by atoms with E-state index in [0.717, 1.165) is 29.0 Å². The number of imidazole rings is 1.